The minimum absolute atomic E-state index is 0.0811. The highest BCUT2D eigenvalue weighted by atomic mass is 32.2. The Morgan fingerprint density at radius 1 is 1.31 bits per heavy atom. The number of nitrogens with one attached hydrogen (secondary N) is 2. The van der Waals surface area contributed by atoms with E-state index in [9.17, 15) is 4.79 Å². The molecule has 0 aromatic rings. The van der Waals surface area contributed by atoms with Gasteiger partial charge in [-0.15, -0.1) is 0 Å². The van der Waals surface area contributed by atoms with Crippen molar-refractivity contribution in [1.29, 1.82) is 0 Å². The second kappa shape index (κ2) is 9.97. The molecule has 0 bridgehead atoms. The predicted octanol–water partition coefficient (Wildman–Crippen LogP) is 2.02. The molecule has 0 radical (unpaired) electrons. The minimum Gasteiger partial charge on any atom is -0.352 e. The number of hydrogen-bond donors (Lipinski definition) is 2. The highest BCUT2D eigenvalue weighted by Crippen LogP contribution is 1.98. The van der Waals surface area contributed by atoms with E-state index in [1.807, 2.05) is 18.7 Å². The van der Waals surface area contributed by atoms with E-state index < -0.39 is 0 Å². The second-order valence-electron chi connectivity index (χ2n) is 4.04. The van der Waals surface area contributed by atoms with E-state index >= 15 is 0 Å². The summed E-state index contributed by atoms with van der Waals surface area (Å²) in [4.78, 5) is 11.8. The zero-order valence-corrected chi connectivity index (χ0v) is 11.8. The van der Waals surface area contributed by atoms with Crippen LogP contribution in [-0.4, -0.2) is 36.5 Å². The van der Waals surface area contributed by atoms with Crippen LogP contribution in [0, 0.1) is 0 Å². The van der Waals surface area contributed by atoms with Crippen molar-refractivity contribution in [3.05, 3.63) is 0 Å². The minimum atomic E-state index is -0.0811. The molecule has 4 heteroatoms. The van der Waals surface area contributed by atoms with Crippen molar-refractivity contribution in [3.63, 3.8) is 0 Å². The summed E-state index contributed by atoms with van der Waals surface area (Å²) in [5.41, 5.74) is 0. The summed E-state index contributed by atoms with van der Waals surface area (Å²) in [6.45, 7) is 7.05. The first-order chi connectivity index (χ1) is 7.65. The molecule has 0 fully saturated rings. The molecule has 1 atom stereocenters. The fourth-order valence-corrected chi connectivity index (χ4v) is 1.88. The molecular formula is C12H26N2OS. The van der Waals surface area contributed by atoms with E-state index in [2.05, 4.69) is 30.7 Å². The summed E-state index contributed by atoms with van der Waals surface area (Å²) in [7, 11) is 0. The van der Waals surface area contributed by atoms with Crippen molar-refractivity contribution in [2.45, 2.75) is 52.1 Å². The average molecular weight is 246 g/mol. The lowest BCUT2D eigenvalue weighted by Crippen LogP contribution is -2.46. The first-order valence-electron chi connectivity index (χ1n) is 6.18. The topological polar surface area (TPSA) is 41.1 Å². The molecule has 1 unspecified atom stereocenters. The van der Waals surface area contributed by atoms with Crippen molar-refractivity contribution >= 4 is 17.7 Å². The highest BCUT2D eigenvalue weighted by Gasteiger charge is 2.14. The number of carbonyl (C=O) groups excluding carboxylic acids is 1. The fraction of sp³-hybridized carbons (Fsp3) is 0.917. The molecule has 0 rings (SSSR count). The molecule has 0 aliphatic heterocycles. The molecule has 0 aliphatic rings. The van der Waals surface area contributed by atoms with Crippen LogP contribution in [0.4, 0.5) is 0 Å². The van der Waals surface area contributed by atoms with Gasteiger partial charge in [0.1, 0.15) is 0 Å². The van der Waals surface area contributed by atoms with Gasteiger partial charge in [0, 0.05) is 6.04 Å². The van der Waals surface area contributed by atoms with E-state index in [1.165, 1.54) is 0 Å². The van der Waals surface area contributed by atoms with E-state index in [0.717, 1.165) is 31.6 Å². The normalized spacial score (nSPS) is 12.8. The lowest BCUT2D eigenvalue weighted by atomic mass is 10.1. The molecule has 3 nitrogen and oxygen atoms in total. The van der Waals surface area contributed by atoms with Gasteiger partial charge in [0.05, 0.1) is 6.04 Å². The van der Waals surface area contributed by atoms with Crippen molar-refractivity contribution < 1.29 is 4.79 Å². The standard InChI is InChI=1S/C12H26N2OS/c1-5-11(6-2)14-12(15)10(3)13-8-7-9-16-4/h10-11,13H,5-9H2,1-4H3,(H,14,15). The molecule has 16 heavy (non-hydrogen) atoms. The SMILES string of the molecule is CCC(CC)NC(=O)C(C)NCCCSC. The van der Waals surface area contributed by atoms with Crippen molar-refractivity contribution in [2.75, 3.05) is 18.6 Å². The third kappa shape index (κ3) is 7.12. The molecule has 1 amide bonds. The van der Waals surface area contributed by atoms with Crippen LogP contribution in [-0.2, 0) is 4.79 Å². The van der Waals surface area contributed by atoms with Gasteiger partial charge in [-0.25, -0.2) is 0 Å². The van der Waals surface area contributed by atoms with Crippen LogP contribution in [0.15, 0.2) is 0 Å². The molecule has 0 spiro atoms. The lowest BCUT2D eigenvalue weighted by Gasteiger charge is -2.19. The maximum Gasteiger partial charge on any atom is 0.237 e. The molecule has 0 heterocycles. The first-order valence-corrected chi connectivity index (χ1v) is 7.57. The van der Waals surface area contributed by atoms with Gasteiger partial charge in [0.15, 0.2) is 0 Å². The molecule has 0 saturated carbocycles. The summed E-state index contributed by atoms with van der Waals surface area (Å²) < 4.78 is 0. The van der Waals surface area contributed by atoms with Gasteiger partial charge in [0.2, 0.25) is 5.91 Å². The van der Waals surface area contributed by atoms with Crippen LogP contribution < -0.4 is 10.6 Å². The predicted molar refractivity (Wildman–Crippen MR) is 73.0 cm³/mol. The van der Waals surface area contributed by atoms with Crippen molar-refractivity contribution in [2.24, 2.45) is 0 Å². The van der Waals surface area contributed by atoms with Crippen LogP contribution >= 0.6 is 11.8 Å². The Morgan fingerprint density at radius 3 is 2.44 bits per heavy atom. The molecule has 0 aromatic carbocycles. The summed E-state index contributed by atoms with van der Waals surface area (Å²) in [6.07, 6.45) is 5.22. The maximum absolute atomic E-state index is 11.8. The molecular weight excluding hydrogens is 220 g/mol. The van der Waals surface area contributed by atoms with Gasteiger partial charge in [0.25, 0.3) is 0 Å². The number of amides is 1. The van der Waals surface area contributed by atoms with Gasteiger partial charge in [-0.3, -0.25) is 4.79 Å². The van der Waals surface area contributed by atoms with E-state index in [1.54, 1.807) is 0 Å². The monoisotopic (exact) mass is 246 g/mol. The fourth-order valence-electron chi connectivity index (χ4n) is 1.45. The van der Waals surface area contributed by atoms with Gasteiger partial charge in [-0.1, -0.05) is 13.8 Å². The Hall–Kier alpha value is -0.220. The Bertz CT molecular complexity index is 184. The van der Waals surface area contributed by atoms with Gasteiger partial charge < -0.3 is 10.6 Å². The van der Waals surface area contributed by atoms with Gasteiger partial charge >= 0.3 is 0 Å². The van der Waals surface area contributed by atoms with Crippen LogP contribution in [0.1, 0.15) is 40.0 Å². The summed E-state index contributed by atoms with van der Waals surface area (Å²) >= 11 is 1.84. The number of hydrogen-bond acceptors (Lipinski definition) is 3. The number of thioether (sulfide) groups is 1. The first kappa shape index (κ1) is 15.8. The zero-order valence-electron chi connectivity index (χ0n) is 11.0. The van der Waals surface area contributed by atoms with Gasteiger partial charge in [-0.05, 0) is 44.7 Å². The van der Waals surface area contributed by atoms with E-state index in [-0.39, 0.29) is 11.9 Å². The van der Waals surface area contributed by atoms with Gasteiger partial charge in [-0.2, -0.15) is 11.8 Å². The summed E-state index contributed by atoms with van der Waals surface area (Å²) in [6, 6.07) is 0.241. The number of rotatable bonds is 9. The molecule has 2 N–H and O–H groups in total. The summed E-state index contributed by atoms with van der Waals surface area (Å²) in [5, 5.41) is 6.30. The Kier molecular flexibility index (Phi) is 9.83. The number of carbonyl (C=O) groups is 1. The largest absolute Gasteiger partial charge is 0.352 e. The van der Waals surface area contributed by atoms with Crippen LogP contribution in [0.3, 0.4) is 0 Å². The third-order valence-electron chi connectivity index (χ3n) is 2.70. The average Bonchev–Trinajstić information content (AvgIpc) is 2.30. The molecule has 0 aromatic heterocycles. The van der Waals surface area contributed by atoms with Crippen molar-refractivity contribution in [3.8, 4) is 0 Å². The summed E-state index contributed by atoms with van der Waals surface area (Å²) in [5.74, 6) is 1.27. The smallest absolute Gasteiger partial charge is 0.237 e. The zero-order chi connectivity index (χ0) is 12.4. The second-order valence-corrected chi connectivity index (χ2v) is 5.03. The molecule has 96 valence electrons. The maximum atomic E-state index is 11.8. The Balaban J connectivity index is 3.72. The highest BCUT2D eigenvalue weighted by molar-refractivity contribution is 7.98. The van der Waals surface area contributed by atoms with Crippen LogP contribution in [0.25, 0.3) is 0 Å². The van der Waals surface area contributed by atoms with E-state index in [4.69, 9.17) is 0 Å². The third-order valence-corrected chi connectivity index (χ3v) is 3.40. The van der Waals surface area contributed by atoms with E-state index in [0.29, 0.717) is 6.04 Å². The van der Waals surface area contributed by atoms with Crippen LogP contribution in [0.2, 0.25) is 0 Å². The quantitative estimate of drug-likeness (QED) is 0.612. The lowest BCUT2D eigenvalue weighted by molar-refractivity contribution is -0.123. The van der Waals surface area contributed by atoms with Crippen LogP contribution in [0.5, 0.6) is 0 Å². The molecule has 0 aliphatic carbocycles. The molecule has 0 saturated heterocycles. The Morgan fingerprint density at radius 2 is 1.94 bits per heavy atom. The Labute approximate surface area is 104 Å². The van der Waals surface area contributed by atoms with Crippen molar-refractivity contribution in [1.82, 2.24) is 10.6 Å².